The Morgan fingerprint density at radius 2 is 1.62 bits per heavy atom. The minimum Gasteiger partial charge on any atom is -0.487 e. The van der Waals surface area contributed by atoms with E-state index in [9.17, 15) is 23.2 Å². The van der Waals surface area contributed by atoms with Gasteiger partial charge in [0.1, 0.15) is 18.0 Å². The summed E-state index contributed by atoms with van der Waals surface area (Å²) in [6.45, 7) is 2.53. The molecule has 3 rings (SSSR count). The van der Waals surface area contributed by atoms with Crippen LogP contribution in [0.2, 0.25) is 5.02 Å². The lowest BCUT2D eigenvalue weighted by atomic mass is 9.99. The first-order valence-corrected chi connectivity index (χ1v) is 13.3. The van der Waals surface area contributed by atoms with Crippen molar-refractivity contribution >= 4 is 50.8 Å². The van der Waals surface area contributed by atoms with Crippen molar-refractivity contribution in [2.45, 2.75) is 38.8 Å². The van der Waals surface area contributed by atoms with Gasteiger partial charge in [0.15, 0.2) is 5.78 Å². The number of rotatable bonds is 12. The highest BCUT2D eigenvalue weighted by Gasteiger charge is 2.26. The van der Waals surface area contributed by atoms with Crippen molar-refractivity contribution in [2.75, 3.05) is 19.0 Å². The van der Waals surface area contributed by atoms with Gasteiger partial charge in [-0.3, -0.25) is 14.4 Å². The molecule has 0 spiro atoms. The van der Waals surface area contributed by atoms with E-state index in [1.54, 1.807) is 56.3 Å². The fourth-order valence-electron chi connectivity index (χ4n) is 3.54. The van der Waals surface area contributed by atoms with E-state index in [-0.39, 0.29) is 46.6 Å². The largest absolute Gasteiger partial charge is 0.487 e. The average Bonchev–Trinajstić information content (AvgIpc) is 2.92. The van der Waals surface area contributed by atoms with Crippen LogP contribution >= 0.6 is 27.5 Å². The van der Waals surface area contributed by atoms with Gasteiger partial charge in [-0.15, -0.1) is 0 Å². The van der Waals surface area contributed by atoms with Crippen LogP contribution in [0.5, 0.6) is 5.75 Å². The quantitative estimate of drug-likeness (QED) is 0.222. The molecule has 0 heterocycles. The number of carbonyl (C=O) groups is 3. The van der Waals surface area contributed by atoms with Gasteiger partial charge in [0.05, 0.1) is 10.6 Å². The Hall–Kier alpha value is -3.34. The fourth-order valence-corrected chi connectivity index (χ4v) is 4.03. The number of ether oxygens (including phenoxy) is 2. The van der Waals surface area contributed by atoms with Crippen LogP contribution in [0.4, 0.5) is 14.5 Å². The molecule has 0 radical (unpaired) electrons. The molecule has 0 aromatic heterocycles. The number of alkyl halides is 2. The van der Waals surface area contributed by atoms with Gasteiger partial charge < -0.3 is 20.1 Å². The molecule has 212 valence electrons. The molecule has 11 heteroatoms. The van der Waals surface area contributed by atoms with Crippen molar-refractivity contribution in [3.8, 4) is 5.75 Å². The van der Waals surface area contributed by atoms with Crippen molar-refractivity contribution in [1.82, 2.24) is 5.32 Å². The summed E-state index contributed by atoms with van der Waals surface area (Å²) >= 11 is 9.63. The summed E-state index contributed by atoms with van der Waals surface area (Å²) in [5, 5.41) is 5.69. The van der Waals surface area contributed by atoms with E-state index >= 15 is 0 Å². The summed E-state index contributed by atoms with van der Waals surface area (Å²) in [7, 11) is 1.44. The smallest absolute Gasteiger partial charge is 0.272 e. The molecule has 0 unspecified atom stereocenters. The zero-order valence-corrected chi connectivity index (χ0v) is 24.4. The maximum absolute atomic E-state index is 13.2. The van der Waals surface area contributed by atoms with Crippen LogP contribution in [0.15, 0.2) is 65.1 Å². The Morgan fingerprint density at radius 3 is 2.27 bits per heavy atom. The first-order chi connectivity index (χ1) is 18.9. The molecule has 40 heavy (non-hydrogen) atoms. The van der Waals surface area contributed by atoms with Gasteiger partial charge in [-0.1, -0.05) is 39.7 Å². The predicted molar refractivity (Wildman–Crippen MR) is 152 cm³/mol. The second-order valence-corrected chi connectivity index (χ2v) is 10.6. The number of carbonyl (C=O) groups excluding carboxylic acids is 3. The molecule has 2 N–H and O–H groups in total. The molecule has 3 aromatic rings. The van der Waals surface area contributed by atoms with E-state index in [0.29, 0.717) is 16.8 Å². The van der Waals surface area contributed by atoms with Crippen molar-refractivity contribution in [3.05, 3.63) is 92.4 Å². The molecule has 3 aromatic carbocycles. The predicted octanol–water partition coefficient (Wildman–Crippen LogP) is 6.47. The molecule has 0 atom stereocenters. The number of methoxy groups -OCH3 is 1. The summed E-state index contributed by atoms with van der Waals surface area (Å²) in [5.41, 5.74) is 0.803. The second kappa shape index (κ2) is 13.8. The Kier molecular flexibility index (Phi) is 10.8. The molecule has 0 aliphatic rings. The topological polar surface area (TPSA) is 93.7 Å². The first kappa shape index (κ1) is 31.2. The third-order valence-electron chi connectivity index (χ3n) is 5.96. The van der Waals surface area contributed by atoms with Crippen molar-refractivity contribution in [2.24, 2.45) is 0 Å². The van der Waals surface area contributed by atoms with Crippen LogP contribution in [-0.2, 0) is 22.5 Å². The lowest BCUT2D eigenvalue weighted by molar-refractivity contribution is -0.139. The van der Waals surface area contributed by atoms with Crippen molar-refractivity contribution in [1.29, 1.82) is 0 Å². The molecule has 7 nitrogen and oxygen atoms in total. The fraction of sp³-hybridized carbons (Fsp3) is 0.276. The first-order valence-electron chi connectivity index (χ1n) is 12.2. The Balaban J connectivity index is 1.81. The summed E-state index contributed by atoms with van der Waals surface area (Å²) in [5.74, 6) is -1.28. The number of halogens is 4. The normalized spacial score (nSPS) is 11.3. The molecule has 0 bridgehead atoms. The lowest BCUT2D eigenvalue weighted by Crippen LogP contribution is -2.43. The van der Waals surface area contributed by atoms with Crippen LogP contribution in [0.3, 0.4) is 0 Å². The Labute approximate surface area is 244 Å². The summed E-state index contributed by atoms with van der Waals surface area (Å²) in [6.07, 6.45) is -2.86. The SMILES string of the molecule is COC(C)(C)C(=O)NCc1ccc(Cl)c(C(=O)Cc2ccc(OCC(F)F)c(C(=O)Nc3ccc(Br)cc3)c2)c1. The highest BCUT2D eigenvalue weighted by atomic mass is 79.9. The second-order valence-electron chi connectivity index (χ2n) is 9.30. The number of hydrogen-bond donors (Lipinski definition) is 2. The van der Waals surface area contributed by atoms with Crippen molar-refractivity contribution in [3.63, 3.8) is 0 Å². The van der Waals surface area contributed by atoms with Gasteiger partial charge in [-0.2, -0.15) is 0 Å². The van der Waals surface area contributed by atoms with Crippen LogP contribution in [0.25, 0.3) is 0 Å². The third-order valence-corrected chi connectivity index (χ3v) is 6.82. The molecule has 0 aliphatic heterocycles. The van der Waals surface area contributed by atoms with Gasteiger partial charge in [0.25, 0.3) is 18.2 Å². The van der Waals surface area contributed by atoms with Gasteiger partial charge in [0, 0.05) is 35.8 Å². The van der Waals surface area contributed by atoms with Crippen LogP contribution in [0.1, 0.15) is 45.7 Å². The lowest BCUT2D eigenvalue weighted by Gasteiger charge is -2.21. The maximum Gasteiger partial charge on any atom is 0.272 e. The van der Waals surface area contributed by atoms with E-state index in [1.165, 1.54) is 25.3 Å². The standard InChI is InChI=1S/C29H28BrClF2N2O5/c1-29(2,39-3)28(38)34-15-18-4-10-23(31)21(13-18)24(36)14-17-5-11-25(40-16-26(32)33)22(12-17)27(37)35-20-8-6-19(30)7-9-20/h4-13,26H,14-16H2,1-3H3,(H,34,38)(H,35,37). The Bertz CT molecular complexity index is 1380. The number of ketones is 1. The van der Waals surface area contributed by atoms with E-state index < -0.39 is 24.5 Å². The highest BCUT2D eigenvalue weighted by molar-refractivity contribution is 9.10. The minimum atomic E-state index is -2.73. The molecular weight excluding hydrogens is 610 g/mol. The number of hydrogen-bond acceptors (Lipinski definition) is 5. The van der Waals surface area contributed by atoms with Crippen LogP contribution in [0, 0.1) is 0 Å². The average molecular weight is 638 g/mol. The minimum absolute atomic E-state index is 0.00261. The molecular formula is C29H28BrClF2N2O5. The van der Waals surface area contributed by atoms with Gasteiger partial charge in [-0.05, 0) is 73.5 Å². The number of Topliss-reactive ketones (excluding diaryl/α,β-unsaturated/α-hetero) is 1. The monoisotopic (exact) mass is 636 g/mol. The third kappa shape index (κ3) is 8.58. The highest BCUT2D eigenvalue weighted by Crippen LogP contribution is 2.26. The number of amides is 2. The van der Waals surface area contributed by atoms with Crippen LogP contribution in [-0.4, -0.2) is 43.3 Å². The van der Waals surface area contributed by atoms with Crippen molar-refractivity contribution < 1.29 is 32.6 Å². The number of nitrogens with one attached hydrogen (secondary N) is 2. The Morgan fingerprint density at radius 1 is 0.975 bits per heavy atom. The van der Waals surface area contributed by atoms with Gasteiger partial charge in [-0.25, -0.2) is 8.78 Å². The van der Waals surface area contributed by atoms with E-state index in [0.717, 1.165) is 4.47 Å². The molecule has 0 aliphatic carbocycles. The maximum atomic E-state index is 13.2. The molecule has 0 fully saturated rings. The molecule has 0 saturated carbocycles. The molecule has 2 amide bonds. The van der Waals surface area contributed by atoms with E-state index in [4.69, 9.17) is 21.1 Å². The number of anilines is 1. The zero-order chi connectivity index (χ0) is 29.4. The zero-order valence-electron chi connectivity index (χ0n) is 22.0. The van der Waals surface area contributed by atoms with E-state index in [2.05, 4.69) is 26.6 Å². The van der Waals surface area contributed by atoms with Gasteiger partial charge in [0.2, 0.25) is 0 Å². The number of benzene rings is 3. The summed E-state index contributed by atoms with van der Waals surface area (Å²) < 4.78 is 36.8. The molecule has 0 saturated heterocycles. The van der Waals surface area contributed by atoms with E-state index in [1.807, 2.05) is 0 Å². The summed E-state index contributed by atoms with van der Waals surface area (Å²) in [4.78, 5) is 38.6. The van der Waals surface area contributed by atoms with Gasteiger partial charge >= 0.3 is 0 Å². The summed E-state index contributed by atoms with van der Waals surface area (Å²) in [6, 6.07) is 16.0. The van der Waals surface area contributed by atoms with Crippen LogP contribution < -0.4 is 15.4 Å².